The lowest BCUT2D eigenvalue weighted by molar-refractivity contribution is -0.226. The highest BCUT2D eigenvalue weighted by molar-refractivity contribution is 5.25. The number of fused-ring (bicyclic) bond motifs is 7. The van der Waals surface area contributed by atoms with Crippen LogP contribution in [0, 0.1) is 62.6 Å². The Morgan fingerprint density at radius 2 is 1.61 bits per heavy atom. The van der Waals surface area contributed by atoms with Crippen molar-refractivity contribution in [1.29, 1.82) is 0 Å². The van der Waals surface area contributed by atoms with E-state index in [9.17, 15) is 0 Å². The van der Waals surface area contributed by atoms with Crippen LogP contribution in [0.3, 0.4) is 0 Å². The van der Waals surface area contributed by atoms with E-state index in [2.05, 4.69) is 60.6 Å². The average molecular weight is 456 g/mol. The summed E-state index contributed by atoms with van der Waals surface area (Å²) in [6.07, 6.45) is 16.2. The normalized spacial score (nSPS) is 55.0. The first-order chi connectivity index (χ1) is 15.4. The van der Waals surface area contributed by atoms with E-state index >= 15 is 0 Å². The van der Waals surface area contributed by atoms with Crippen molar-refractivity contribution in [2.45, 2.75) is 106 Å². The van der Waals surface area contributed by atoms with Crippen LogP contribution in [0.5, 0.6) is 0 Å². The van der Waals surface area contributed by atoms with E-state index in [1.165, 1.54) is 51.4 Å². The second-order valence-electron chi connectivity index (χ2n) is 15.0. The van der Waals surface area contributed by atoms with Crippen LogP contribution in [0.4, 0.5) is 0 Å². The lowest BCUT2D eigenvalue weighted by atomic mass is 9.33. The van der Waals surface area contributed by atoms with E-state index in [4.69, 9.17) is 10.5 Å². The van der Waals surface area contributed by atoms with Gasteiger partial charge in [-0.3, -0.25) is 0 Å². The summed E-state index contributed by atoms with van der Waals surface area (Å²) in [5, 5.41) is 0. The van der Waals surface area contributed by atoms with Crippen LogP contribution >= 0.6 is 0 Å². The maximum absolute atomic E-state index is 6.66. The van der Waals surface area contributed by atoms with Crippen molar-refractivity contribution in [3.05, 3.63) is 12.2 Å². The molecule has 0 aliphatic heterocycles. The topological polar surface area (TPSA) is 35.2 Å². The molecule has 0 aromatic carbocycles. The molecule has 188 valence electrons. The summed E-state index contributed by atoms with van der Waals surface area (Å²) in [6.45, 7) is 19.0. The van der Waals surface area contributed by atoms with Crippen molar-refractivity contribution in [2.75, 3.05) is 13.7 Å². The van der Waals surface area contributed by atoms with Crippen molar-refractivity contribution in [2.24, 2.45) is 68.3 Å². The third-order valence-corrected chi connectivity index (χ3v) is 13.5. The third-order valence-electron chi connectivity index (χ3n) is 13.5. The van der Waals surface area contributed by atoms with Crippen LogP contribution in [0.25, 0.3) is 0 Å². The lowest BCUT2D eigenvalue weighted by Gasteiger charge is -2.72. The van der Waals surface area contributed by atoms with Gasteiger partial charge in [-0.25, -0.2) is 0 Å². The number of ether oxygens (including phenoxy) is 1. The molecule has 5 rings (SSSR count). The number of hydrogen-bond acceptors (Lipinski definition) is 2. The van der Waals surface area contributed by atoms with Gasteiger partial charge >= 0.3 is 0 Å². The van der Waals surface area contributed by atoms with Gasteiger partial charge in [-0.15, -0.1) is 0 Å². The summed E-state index contributed by atoms with van der Waals surface area (Å²) in [4.78, 5) is 0. The van der Waals surface area contributed by atoms with Crippen molar-refractivity contribution < 1.29 is 4.74 Å². The first kappa shape index (κ1) is 24.4. The molecule has 0 aromatic heterocycles. The van der Waals surface area contributed by atoms with Gasteiger partial charge in [-0.05, 0) is 114 Å². The second-order valence-corrected chi connectivity index (χ2v) is 15.0. The van der Waals surface area contributed by atoms with Gasteiger partial charge in [-0.2, -0.15) is 0 Å². The minimum absolute atomic E-state index is 0.191. The largest absolute Gasteiger partial charge is 0.384 e. The van der Waals surface area contributed by atoms with Crippen LogP contribution in [0.2, 0.25) is 0 Å². The molecule has 0 radical (unpaired) electrons. The Balaban J connectivity index is 1.56. The quantitative estimate of drug-likeness (QED) is 0.448. The molecule has 0 spiro atoms. The van der Waals surface area contributed by atoms with Crippen LogP contribution in [0.1, 0.15) is 99.8 Å². The standard InChI is InChI=1S/C31H53NO/c1-20(2)21-11-16-31(19-33-8)18-17-29(6)22(26(21)31)9-10-24-28(5)14-13-25(32)27(3,4)23(28)12-15-30(24,29)7/h13-14,20-26H,9-12,15-19,32H2,1-8H3/t21-,22+,23-,24+,25-,26+,28-,29+,30+,31+/m0/s1. The summed E-state index contributed by atoms with van der Waals surface area (Å²) < 4.78 is 5.96. The number of allylic oxidation sites excluding steroid dienone is 1. The molecule has 0 heterocycles. The van der Waals surface area contributed by atoms with Crippen LogP contribution in [-0.2, 0) is 4.74 Å². The van der Waals surface area contributed by atoms with Gasteiger partial charge in [-0.1, -0.05) is 60.6 Å². The fraction of sp³-hybridized carbons (Fsp3) is 0.935. The zero-order valence-electron chi connectivity index (χ0n) is 23.0. The van der Waals surface area contributed by atoms with E-state index in [1.807, 2.05) is 7.11 Å². The SMILES string of the molecule is COC[C@]12CC[C@@H](C(C)C)[C@@H]1[C@H]1CC[C@@H]3[C@@]4(C)C=C[C@H](N)C(C)(C)[C@@H]4CC[C@@]3(C)[C@]1(C)CC2. The van der Waals surface area contributed by atoms with Crippen LogP contribution in [-0.4, -0.2) is 19.8 Å². The molecule has 4 saturated carbocycles. The second kappa shape index (κ2) is 7.58. The Hall–Kier alpha value is -0.340. The minimum Gasteiger partial charge on any atom is -0.384 e. The van der Waals surface area contributed by atoms with Gasteiger partial charge in [0.15, 0.2) is 0 Å². The fourth-order valence-electron chi connectivity index (χ4n) is 11.6. The molecule has 0 bridgehead atoms. The number of hydrogen-bond donors (Lipinski definition) is 1. The highest BCUT2D eigenvalue weighted by Crippen LogP contribution is 2.76. The van der Waals surface area contributed by atoms with E-state index in [-0.39, 0.29) is 16.9 Å². The van der Waals surface area contributed by atoms with E-state index in [0.717, 1.165) is 36.2 Å². The molecule has 2 N–H and O–H groups in total. The van der Waals surface area contributed by atoms with Crippen LogP contribution in [0.15, 0.2) is 12.2 Å². The van der Waals surface area contributed by atoms with Crippen molar-refractivity contribution in [1.82, 2.24) is 0 Å². The Kier molecular flexibility index (Phi) is 5.60. The van der Waals surface area contributed by atoms with Gasteiger partial charge in [0.2, 0.25) is 0 Å². The van der Waals surface area contributed by atoms with Crippen molar-refractivity contribution >= 4 is 0 Å². The fourth-order valence-corrected chi connectivity index (χ4v) is 11.6. The molecule has 0 amide bonds. The molecule has 5 aliphatic carbocycles. The maximum atomic E-state index is 6.66. The number of nitrogens with two attached hydrogens (primary N) is 1. The van der Waals surface area contributed by atoms with Gasteiger partial charge in [0.05, 0.1) is 6.61 Å². The lowest BCUT2D eigenvalue weighted by Crippen LogP contribution is -2.66. The highest BCUT2D eigenvalue weighted by Gasteiger charge is 2.70. The van der Waals surface area contributed by atoms with Crippen molar-refractivity contribution in [3.8, 4) is 0 Å². The molecule has 2 heteroatoms. The molecule has 33 heavy (non-hydrogen) atoms. The predicted octanol–water partition coefficient (Wildman–Crippen LogP) is 7.47. The number of methoxy groups -OCH3 is 1. The molecular formula is C31H53NO. The molecule has 0 saturated heterocycles. The molecule has 4 fully saturated rings. The summed E-state index contributed by atoms with van der Waals surface area (Å²) in [5.41, 5.74) is 8.45. The monoisotopic (exact) mass is 455 g/mol. The molecule has 0 unspecified atom stereocenters. The summed E-state index contributed by atoms with van der Waals surface area (Å²) in [7, 11) is 1.95. The van der Waals surface area contributed by atoms with E-state index < -0.39 is 0 Å². The zero-order chi connectivity index (χ0) is 24.0. The Bertz CT molecular complexity index is 801. The molecule has 10 atom stereocenters. The number of rotatable bonds is 3. The summed E-state index contributed by atoms with van der Waals surface area (Å²) >= 11 is 0. The predicted molar refractivity (Wildman–Crippen MR) is 139 cm³/mol. The molecule has 2 nitrogen and oxygen atoms in total. The highest BCUT2D eigenvalue weighted by atomic mass is 16.5. The third kappa shape index (κ3) is 2.98. The van der Waals surface area contributed by atoms with E-state index in [1.54, 1.807) is 0 Å². The summed E-state index contributed by atoms with van der Waals surface area (Å²) in [5.74, 6) is 4.87. The Morgan fingerprint density at radius 1 is 0.879 bits per heavy atom. The molecule has 0 aromatic rings. The van der Waals surface area contributed by atoms with Gasteiger partial charge in [0, 0.05) is 13.2 Å². The Labute approximate surface area is 204 Å². The maximum Gasteiger partial charge on any atom is 0.0521 e. The first-order valence-electron chi connectivity index (χ1n) is 14.3. The Morgan fingerprint density at radius 3 is 2.27 bits per heavy atom. The van der Waals surface area contributed by atoms with Gasteiger partial charge in [0.1, 0.15) is 0 Å². The van der Waals surface area contributed by atoms with Gasteiger partial charge in [0.25, 0.3) is 0 Å². The first-order valence-corrected chi connectivity index (χ1v) is 14.3. The average Bonchev–Trinajstić information content (AvgIpc) is 3.12. The van der Waals surface area contributed by atoms with Crippen molar-refractivity contribution in [3.63, 3.8) is 0 Å². The van der Waals surface area contributed by atoms with E-state index in [0.29, 0.717) is 22.2 Å². The van der Waals surface area contributed by atoms with Crippen LogP contribution < -0.4 is 5.73 Å². The zero-order valence-corrected chi connectivity index (χ0v) is 23.0. The van der Waals surface area contributed by atoms with Gasteiger partial charge < -0.3 is 10.5 Å². The smallest absolute Gasteiger partial charge is 0.0521 e. The molecule has 5 aliphatic rings. The molecular weight excluding hydrogens is 402 g/mol. The minimum atomic E-state index is 0.191. The summed E-state index contributed by atoms with van der Waals surface area (Å²) in [6, 6.07) is 0.196.